The van der Waals surface area contributed by atoms with Crippen molar-refractivity contribution < 1.29 is 0 Å². The van der Waals surface area contributed by atoms with Crippen molar-refractivity contribution in [1.29, 1.82) is 0 Å². The van der Waals surface area contributed by atoms with Crippen molar-refractivity contribution in [1.82, 2.24) is 0 Å². The molecule has 0 radical (unpaired) electrons. The smallest absolute Gasteiger partial charge is 0.252 e. The number of hydrogen-bond donors (Lipinski definition) is 0. The molecule has 0 aromatic heterocycles. The Hall–Kier alpha value is -6.78. The average molecular weight is 926 g/mol. The Labute approximate surface area is 424 Å². The molecule has 2 atom stereocenters. The summed E-state index contributed by atoms with van der Waals surface area (Å²) < 4.78 is 0. The Kier molecular flexibility index (Phi) is 10.3. The predicted octanol–water partition coefficient (Wildman–Crippen LogP) is 16.5. The Morgan fingerprint density at radius 2 is 0.986 bits per heavy atom. The first-order chi connectivity index (χ1) is 34.0. The minimum Gasteiger partial charge on any atom is -0.335 e. The van der Waals surface area contributed by atoms with Gasteiger partial charge in [0.25, 0.3) is 6.71 Å². The van der Waals surface area contributed by atoms with Crippen LogP contribution in [0.1, 0.15) is 112 Å². The second-order valence-corrected chi connectivity index (χ2v) is 24.2. The van der Waals surface area contributed by atoms with E-state index in [0.717, 1.165) is 12.1 Å². The summed E-state index contributed by atoms with van der Waals surface area (Å²) in [5.74, 6) is 0. The first-order valence-corrected chi connectivity index (χ1v) is 26.3. The van der Waals surface area contributed by atoms with Gasteiger partial charge in [0.2, 0.25) is 0 Å². The molecule has 1 fully saturated rings. The molecule has 3 aliphatic heterocycles. The summed E-state index contributed by atoms with van der Waals surface area (Å²) >= 11 is 0. The van der Waals surface area contributed by atoms with Gasteiger partial charge < -0.3 is 14.7 Å². The van der Waals surface area contributed by atoms with Crippen LogP contribution in [0.25, 0.3) is 22.3 Å². The van der Waals surface area contributed by atoms with Gasteiger partial charge in [-0.15, -0.1) is 0 Å². The number of benzene rings is 8. The predicted molar refractivity (Wildman–Crippen MR) is 305 cm³/mol. The second-order valence-electron chi connectivity index (χ2n) is 24.2. The molecule has 8 aromatic carbocycles. The van der Waals surface area contributed by atoms with Crippen LogP contribution in [0.15, 0.2) is 182 Å². The molecule has 4 heteroatoms. The summed E-state index contributed by atoms with van der Waals surface area (Å²) in [6, 6.07) is 69.9. The van der Waals surface area contributed by atoms with Gasteiger partial charge in [-0.1, -0.05) is 203 Å². The topological polar surface area (TPSA) is 9.72 Å². The molecular weight excluding hydrogens is 858 g/mol. The molecular formula is C67H68BN3. The van der Waals surface area contributed by atoms with Gasteiger partial charge in [-0.3, -0.25) is 0 Å². The maximum absolute atomic E-state index is 2.83. The summed E-state index contributed by atoms with van der Waals surface area (Å²) in [7, 11) is 0. The fourth-order valence-corrected chi connectivity index (χ4v) is 13.5. The molecule has 8 aromatic rings. The highest BCUT2D eigenvalue weighted by atomic mass is 15.3. The fourth-order valence-electron chi connectivity index (χ4n) is 13.5. The van der Waals surface area contributed by atoms with Gasteiger partial charge in [-0.05, 0) is 146 Å². The molecule has 0 amide bonds. The van der Waals surface area contributed by atoms with Gasteiger partial charge in [0.1, 0.15) is 0 Å². The van der Waals surface area contributed by atoms with Crippen LogP contribution in [0.2, 0.25) is 0 Å². The third-order valence-electron chi connectivity index (χ3n) is 18.0. The normalized spacial score (nSPS) is 19.9. The largest absolute Gasteiger partial charge is 0.335 e. The van der Waals surface area contributed by atoms with E-state index < -0.39 is 0 Å². The average Bonchev–Trinajstić information content (AvgIpc) is 3.37. The molecule has 1 saturated carbocycles. The van der Waals surface area contributed by atoms with Crippen LogP contribution in [0.4, 0.5) is 45.5 Å². The Balaban J connectivity index is 1.22. The van der Waals surface area contributed by atoms with Crippen molar-refractivity contribution >= 4 is 68.6 Å². The third-order valence-corrected chi connectivity index (χ3v) is 18.0. The molecule has 0 saturated heterocycles. The first-order valence-electron chi connectivity index (χ1n) is 26.3. The Bertz CT molecular complexity index is 3360. The van der Waals surface area contributed by atoms with E-state index in [1.165, 1.54) is 114 Å². The lowest BCUT2D eigenvalue weighted by Gasteiger charge is -2.66. The standard InChI is InChI=1S/C67H68BN3/c1-63(2,3)49-31-34-51(35-32-49)69-58-37-33-50(64(4,5)6)42-56(58)68-55-36-30-48(46-24-15-12-16-25-46)41-59(55)70(52-27-21-26-47(40-52)45-22-13-11-14-23-45)61-44-53(43-60(69)62(61)68)71-57-29-18-17-28-54(57)65(7,8)66(9)38-19-20-39-67(66,71)10/h11-18,21-37,40-44H,19-20,38-39H2,1-10H3. The molecule has 3 nitrogen and oxygen atoms in total. The Morgan fingerprint density at radius 1 is 0.408 bits per heavy atom. The summed E-state index contributed by atoms with van der Waals surface area (Å²) in [5.41, 5.74) is 22.6. The monoisotopic (exact) mass is 926 g/mol. The zero-order chi connectivity index (χ0) is 49.2. The summed E-state index contributed by atoms with van der Waals surface area (Å²) in [4.78, 5) is 8.08. The molecule has 0 bridgehead atoms. The number of fused-ring (bicyclic) bond motifs is 6. The van der Waals surface area contributed by atoms with E-state index in [4.69, 9.17) is 0 Å². The number of nitrogens with zero attached hydrogens (tertiary/aromatic N) is 3. The van der Waals surface area contributed by atoms with Crippen LogP contribution in [0.3, 0.4) is 0 Å². The molecule has 3 heterocycles. The van der Waals surface area contributed by atoms with Gasteiger partial charge in [-0.25, -0.2) is 0 Å². The van der Waals surface area contributed by atoms with E-state index in [1.54, 1.807) is 0 Å². The first kappa shape index (κ1) is 45.4. The minimum absolute atomic E-state index is 0.00158. The van der Waals surface area contributed by atoms with Crippen molar-refractivity contribution in [3.05, 3.63) is 199 Å². The van der Waals surface area contributed by atoms with E-state index >= 15 is 0 Å². The van der Waals surface area contributed by atoms with Crippen molar-refractivity contribution in [3.8, 4) is 22.3 Å². The van der Waals surface area contributed by atoms with Crippen LogP contribution in [0.5, 0.6) is 0 Å². The highest BCUT2D eigenvalue weighted by molar-refractivity contribution is 7.00. The molecule has 354 valence electrons. The van der Waals surface area contributed by atoms with Crippen molar-refractivity contribution in [3.63, 3.8) is 0 Å². The lowest BCUT2D eigenvalue weighted by molar-refractivity contribution is 0.0106. The van der Waals surface area contributed by atoms with E-state index in [2.05, 4.69) is 266 Å². The zero-order valence-electron chi connectivity index (χ0n) is 43.6. The fraction of sp³-hybridized carbons (Fsp3) is 0.284. The van der Waals surface area contributed by atoms with Crippen molar-refractivity contribution in [2.24, 2.45) is 5.41 Å². The Morgan fingerprint density at radius 3 is 1.65 bits per heavy atom. The van der Waals surface area contributed by atoms with Gasteiger partial charge in [0.15, 0.2) is 0 Å². The van der Waals surface area contributed by atoms with E-state index in [9.17, 15) is 0 Å². The number of para-hydroxylation sites is 1. The van der Waals surface area contributed by atoms with E-state index in [1.807, 2.05) is 0 Å². The lowest BCUT2D eigenvalue weighted by Crippen LogP contribution is -2.67. The van der Waals surface area contributed by atoms with Gasteiger partial charge in [0, 0.05) is 56.5 Å². The summed E-state index contributed by atoms with van der Waals surface area (Å²) in [5, 5.41) is 0. The van der Waals surface area contributed by atoms with Crippen molar-refractivity contribution in [2.75, 3.05) is 14.7 Å². The van der Waals surface area contributed by atoms with Crippen LogP contribution < -0.4 is 31.1 Å². The maximum atomic E-state index is 2.83. The van der Waals surface area contributed by atoms with Gasteiger partial charge in [0.05, 0.1) is 0 Å². The maximum Gasteiger partial charge on any atom is 0.252 e. The highest BCUT2D eigenvalue weighted by Gasteiger charge is 2.62. The molecule has 71 heavy (non-hydrogen) atoms. The molecule has 2 unspecified atom stereocenters. The van der Waals surface area contributed by atoms with Crippen LogP contribution in [-0.2, 0) is 16.2 Å². The lowest BCUT2D eigenvalue weighted by atomic mass is 9.33. The molecule has 12 rings (SSSR count). The molecule has 0 spiro atoms. The minimum atomic E-state index is -0.165. The van der Waals surface area contributed by atoms with Crippen molar-refractivity contribution in [2.45, 2.75) is 117 Å². The van der Waals surface area contributed by atoms with Crippen LogP contribution in [-0.4, -0.2) is 12.3 Å². The molecule has 1 aliphatic carbocycles. The second kappa shape index (κ2) is 16.1. The van der Waals surface area contributed by atoms with Gasteiger partial charge >= 0.3 is 0 Å². The zero-order valence-corrected chi connectivity index (χ0v) is 43.6. The summed E-state index contributed by atoms with van der Waals surface area (Å²) in [6.07, 6.45) is 4.77. The van der Waals surface area contributed by atoms with E-state index in [-0.39, 0.29) is 33.9 Å². The summed E-state index contributed by atoms with van der Waals surface area (Å²) in [6.45, 7) is 24.3. The van der Waals surface area contributed by atoms with Crippen LogP contribution >= 0.6 is 0 Å². The number of rotatable bonds is 5. The third kappa shape index (κ3) is 6.91. The molecule has 4 aliphatic rings. The van der Waals surface area contributed by atoms with E-state index in [0.29, 0.717) is 0 Å². The highest BCUT2D eigenvalue weighted by Crippen LogP contribution is 2.65. The molecule has 0 N–H and O–H groups in total. The number of anilines is 8. The van der Waals surface area contributed by atoms with Gasteiger partial charge in [-0.2, -0.15) is 0 Å². The quantitative estimate of drug-likeness (QED) is 0.159. The number of hydrogen-bond acceptors (Lipinski definition) is 3. The van der Waals surface area contributed by atoms with Crippen LogP contribution in [0, 0.1) is 5.41 Å². The SMILES string of the molecule is CC(C)(C)c1ccc(N2c3ccc(C(C)(C)C)cc3B3c4ccc(-c5ccccc5)cc4N(c4cccc(-c5ccccc5)c4)c4cc(N5c6ccccc6C(C)(C)C6(C)CCCCC56C)cc2c43)cc1.